The maximum absolute atomic E-state index is 13.2. The maximum Gasteiger partial charge on any atom is 0.272 e. The summed E-state index contributed by atoms with van der Waals surface area (Å²) in [5.74, 6) is -0.669. The fourth-order valence-corrected chi connectivity index (χ4v) is 4.86. The summed E-state index contributed by atoms with van der Waals surface area (Å²) in [7, 11) is 0. The molecular weight excluding hydrogens is 524 g/mol. The van der Waals surface area contributed by atoms with Crippen molar-refractivity contribution < 1.29 is 18.8 Å². The molecule has 3 amide bonds. The molecule has 0 aliphatic carbocycles. The molecule has 5 rings (SSSR count). The Hall–Kier alpha value is -5.02. The summed E-state index contributed by atoms with van der Waals surface area (Å²) in [5, 5.41) is 9.13. The average Bonchev–Trinajstić information content (AvgIpc) is 3.65. The molecule has 1 atom stereocenters. The maximum atomic E-state index is 13.2. The number of aromatic nitrogens is 1. The Kier molecular flexibility index (Phi) is 8.13. The fraction of sp³-hybridized carbons (Fsp3) is 0.0645. The molecule has 0 radical (unpaired) electrons. The van der Waals surface area contributed by atoms with Crippen molar-refractivity contribution >= 4 is 57.8 Å². The summed E-state index contributed by atoms with van der Waals surface area (Å²) in [4.78, 5) is 42.8. The van der Waals surface area contributed by atoms with Crippen molar-refractivity contribution in [2.75, 3.05) is 10.6 Å². The first kappa shape index (κ1) is 26.6. The molecule has 0 saturated heterocycles. The summed E-state index contributed by atoms with van der Waals surface area (Å²) in [6.07, 6.45) is 4.80. The van der Waals surface area contributed by atoms with E-state index in [9.17, 15) is 14.4 Å². The number of carbonyl (C=O) groups is 3. The van der Waals surface area contributed by atoms with E-state index in [2.05, 4.69) is 20.9 Å². The summed E-state index contributed by atoms with van der Waals surface area (Å²) in [6, 6.07) is 26.8. The lowest BCUT2D eigenvalue weighted by molar-refractivity contribution is -0.115. The zero-order valence-corrected chi connectivity index (χ0v) is 22.3. The number of anilines is 2. The molecule has 40 heavy (non-hydrogen) atoms. The second-order valence-electron chi connectivity index (χ2n) is 8.90. The normalized spacial score (nSPS) is 12.1. The number of furan rings is 1. The fourth-order valence-electron chi connectivity index (χ4n) is 3.93. The number of fused-ring (bicyclic) bond motifs is 1. The van der Waals surface area contributed by atoms with Crippen LogP contribution in [0.2, 0.25) is 0 Å². The number of aromatic amines is 1. The van der Waals surface area contributed by atoms with Crippen molar-refractivity contribution in [3.8, 4) is 0 Å². The van der Waals surface area contributed by atoms with E-state index in [1.807, 2.05) is 43.5 Å². The van der Waals surface area contributed by atoms with E-state index < -0.39 is 17.1 Å². The van der Waals surface area contributed by atoms with E-state index in [4.69, 9.17) is 4.42 Å². The van der Waals surface area contributed by atoms with Crippen LogP contribution < -0.4 is 16.0 Å². The highest BCUT2D eigenvalue weighted by Gasteiger charge is 2.18. The van der Waals surface area contributed by atoms with Gasteiger partial charge in [-0.2, -0.15) is 0 Å². The lowest BCUT2D eigenvalue weighted by atomic mass is 10.2. The van der Waals surface area contributed by atoms with Crippen LogP contribution in [0.15, 0.2) is 118 Å². The van der Waals surface area contributed by atoms with E-state index in [0.29, 0.717) is 22.7 Å². The zero-order chi connectivity index (χ0) is 27.9. The monoisotopic (exact) mass is 550 g/mol. The van der Waals surface area contributed by atoms with E-state index >= 15 is 0 Å². The number of nitrogens with one attached hydrogen (secondary N) is 4. The van der Waals surface area contributed by atoms with Gasteiger partial charge in [0.05, 0.1) is 11.5 Å². The van der Waals surface area contributed by atoms with Gasteiger partial charge in [0.2, 0.25) is 5.91 Å². The lowest BCUT2D eigenvalue weighted by Gasteiger charge is -2.14. The van der Waals surface area contributed by atoms with Crippen molar-refractivity contribution in [2.45, 2.75) is 17.1 Å². The quantitative estimate of drug-likeness (QED) is 0.127. The van der Waals surface area contributed by atoms with Crippen LogP contribution in [0.4, 0.5) is 11.4 Å². The second kappa shape index (κ2) is 12.2. The summed E-state index contributed by atoms with van der Waals surface area (Å²) >= 11 is 1.37. The van der Waals surface area contributed by atoms with Gasteiger partial charge in [0, 0.05) is 39.6 Å². The smallest absolute Gasteiger partial charge is 0.272 e. The van der Waals surface area contributed by atoms with Gasteiger partial charge in [-0.25, -0.2) is 0 Å². The minimum absolute atomic E-state index is 0.0219. The molecule has 0 spiro atoms. The highest BCUT2D eigenvalue weighted by atomic mass is 32.2. The van der Waals surface area contributed by atoms with Gasteiger partial charge in [-0.3, -0.25) is 14.4 Å². The predicted molar refractivity (Wildman–Crippen MR) is 158 cm³/mol. The molecule has 0 fully saturated rings. The van der Waals surface area contributed by atoms with Crippen LogP contribution in [-0.4, -0.2) is 28.0 Å². The highest BCUT2D eigenvalue weighted by Crippen LogP contribution is 2.27. The molecule has 2 heterocycles. The third kappa shape index (κ3) is 6.69. The zero-order valence-electron chi connectivity index (χ0n) is 21.5. The molecule has 3 aromatic carbocycles. The Balaban J connectivity index is 1.25. The van der Waals surface area contributed by atoms with Crippen LogP contribution in [0.1, 0.15) is 23.0 Å². The summed E-state index contributed by atoms with van der Waals surface area (Å²) in [5.41, 5.74) is 2.61. The van der Waals surface area contributed by atoms with E-state index in [-0.39, 0.29) is 11.6 Å². The summed E-state index contributed by atoms with van der Waals surface area (Å²) in [6.45, 7) is 1.82. The number of H-pyrrole nitrogens is 1. The van der Waals surface area contributed by atoms with Gasteiger partial charge in [-0.05, 0) is 73.0 Å². The average molecular weight is 551 g/mol. The molecular formula is C31H26N4O4S. The molecule has 4 N–H and O–H groups in total. The van der Waals surface area contributed by atoms with Crippen LogP contribution in [0.25, 0.3) is 17.0 Å². The van der Waals surface area contributed by atoms with Gasteiger partial charge in [-0.15, -0.1) is 11.8 Å². The van der Waals surface area contributed by atoms with Gasteiger partial charge in [0.1, 0.15) is 11.5 Å². The summed E-state index contributed by atoms with van der Waals surface area (Å²) < 4.78 is 5.35. The molecule has 0 aliphatic rings. The Labute approximate surface area is 234 Å². The largest absolute Gasteiger partial charge is 0.465 e. The Morgan fingerprint density at radius 1 is 0.875 bits per heavy atom. The molecule has 2 aromatic heterocycles. The second-order valence-corrected chi connectivity index (χ2v) is 10.3. The number of carbonyl (C=O) groups excluding carboxylic acids is 3. The van der Waals surface area contributed by atoms with Crippen LogP contribution in [0.3, 0.4) is 0 Å². The first-order valence-electron chi connectivity index (χ1n) is 12.5. The van der Waals surface area contributed by atoms with Crippen molar-refractivity contribution in [1.29, 1.82) is 0 Å². The predicted octanol–water partition coefficient (Wildman–Crippen LogP) is 6.29. The van der Waals surface area contributed by atoms with Gasteiger partial charge in [0.25, 0.3) is 11.8 Å². The number of rotatable bonds is 9. The van der Waals surface area contributed by atoms with Crippen LogP contribution in [0, 0.1) is 0 Å². The minimum atomic E-state index is -0.520. The van der Waals surface area contributed by atoms with Gasteiger partial charge in [-0.1, -0.05) is 30.3 Å². The molecule has 0 saturated carbocycles. The lowest BCUT2D eigenvalue weighted by Crippen LogP contribution is -2.30. The molecule has 9 heteroatoms. The van der Waals surface area contributed by atoms with Crippen molar-refractivity contribution in [2.24, 2.45) is 0 Å². The van der Waals surface area contributed by atoms with E-state index in [1.165, 1.54) is 24.1 Å². The number of amides is 3. The SMILES string of the molecule is CC(Sc1cccc(NC(=O)/C(=C/c2ccco2)NC(=O)c2ccccc2)c1)C(=O)Nc1ccc2cc[nH]c2c1. The van der Waals surface area contributed by atoms with Crippen LogP contribution in [0.5, 0.6) is 0 Å². The Bertz CT molecular complexity index is 1680. The topological polar surface area (TPSA) is 116 Å². The van der Waals surface area contributed by atoms with E-state index in [0.717, 1.165) is 15.8 Å². The molecule has 200 valence electrons. The first-order valence-corrected chi connectivity index (χ1v) is 13.4. The van der Waals surface area contributed by atoms with Crippen LogP contribution in [-0.2, 0) is 9.59 Å². The molecule has 0 bridgehead atoms. The van der Waals surface area contributed by atoms with Gasteiger partial charge < -0.3 is 25.4 Å². The minimum Gasteiger partial charge on any atom is -0.465 e. The van der Waals surface area contributed by atoms with Gasteiger partial charge in [0.15, 0.2) is 0 Å². The number of benzene rings is 3. The number of hydrogen-bond acceptors (Lipinski definition) is 5. The molecule has 0 aliphatic heterocycles. The Morgan fingerprint density at radius 2 is 1.70 bits per heavy atom. The number of hydrogen-bond donors (Lipinski definition) is 4. The molecule has 8 nitrogen and oxygen atoms in total. The van der Waals surface area contributed by atoms with Crippen molar-refractivity contribution in [1.82, 2.24) is 10.3 Å². The van der Waals surface area contributed by atoms with Crippen LogP contribution >= 0.6 is 11.8 Å². The third-order valence-corrected chi connectivity index (χ3v) is 7.05. The molecule has 1 unspecified atom stereocenters. The molecule has 5 aromatic rings. The van der Waals surface area contributed by atoms with Gasteiger partial charge >= 0.3 is 0 Å². The highest BCUT2D eigenvalue weighted by molar-refractivity contribution is 8.00. The first-order chi connectivity index (χ1) is 19.4. The third-order valence-electron chi connectivity index (χ3n) is 5.96. The standard InChI is InChI=1S/C31H26N4O4S/c1-20(29(36)33-24-13-12-21-14-15-32-27(21)18-24)40-26-11-5-9-23(17-26)34-31(38)28(19-25-10-6-16-39-25)35-30(37)22-7-3-2-4-8-22/h2-20,32H,1H3,(H,33,36)(H,34,38)(H,35,37)/b28-19-. The van der Waals surface area contributed by atoms with E-state index in [1.54, 1.807) is 60.7 Å². The number of thioether (sulfide) groups is 1. The van der Waals surface area contributed by atoms with Crippen molar-refractivity contribution in [3.63, 3.8) is 0 Å². The Morgan fingerprint density at radius 3 is 2.50 bits per heavy atom. The van der Waals surface area contributed by atoms with Crippen molar-refractivity contribution in [3.05, 3.63) is 120 Å².